The summed E-state index contributed by atoms with van der Waals surface area (Å²) in [5.41, 5.74) is 0. The van der Waals surface area contributed by atoms with Crippen LogP contribution in [0, 0.1) is 0 Å². The molecule has 0 atom stereocenters. The lowest BCUT2D eigenvalue weighted by atomic mass is 10.1. The Hall–Kier alpha value is 2.02. The van der Waals surface area contributed by atoms with Gasteiger partial charge in [-0.25, -0.2) is 0 Å². The third kappa shape index (κ3) is 6.02. The smallest absolute Gasteiger partial charge is 0.0709 e. The summed E-state index contributed by atoms with van der Waals surface area (Å²) < 4.78 is 6.34. The van der Waals surface area contributed by atoms with Gasteiger partial charge in [-0.05, 0) is 60.1 Å². The second kappa shape index (κ2) is 11.4. The Labute approximate surface area is 191 Å². The van der Waals surface area contributed by atoms with Crippen molar-refractivity contribution in [1.82, 2.24) is 0 Å². The van der Waals surface area contributed by atoms with Crippen molar-refractivity contribution in [3.05, 3.63) is 26.8 Å². The van der Waals surface area contributed by atoms with Crippen molar-refractivity contribution in [2.75, 3.05) is 11.5 Å². The molecular formula is C18H24S8. The van der Waals surface area contributed by atoms with E-state index in [0.717, 1.165) is 0 Å². The molecule has 0 nitrogen and oxygen atoms in total. The molecule has 0 aromatic rings. The maximum absolute atomic E-state index is 2.10. The van der Waals surface area contributed by atoms with Crippen molar-refractivity contribution in [2.45, 2.75) is 64.2 Å². The third-order valence-corrected chi connectivity index (χ3v) is 16.5. The van der Waals surface area contributed by atoms with Crippen LogP contribution in [-0.4, -0.2) is 11.5 Å². The molecule has 8 heteroatoms. The second-order valence-corrected chi connectivity index (χ2v) is 16.7. The maximum atomic E-state index is 2.10. The lowest BCUT2D eigenvalue weighted by Gasteiger charge is -2.07. The van der Waals surface area contributed by atoms with Crippen LogP contribution in [-0.2, 0) is 0 Å². The Bertz CT molecular complexity index is 506. The molecule has 0 aliphatic carbocycles. The minimum absolute atomic E-state index is 1.30. The first-order chi connectivity index (χ1) is 12.9. The van der Waals surface area contributed by atoms with Gasteiger partial charge in [0.2, 0.25) is 0 Å². The number of hydrogen-bond acceptors (Lipinski definition) is 8. The van der Waals surface area contributed by atoms with E-state index in [-0.39, 0.29) is 0 Å². The molecule has 0 spiro atoms. The van der Waals surface area contributed by atoms with Crippen molar-refractivity contribution < 1.29 is 0 Å². The lowest BCUT2D eigenvalue weighted by molar-refractivity contribution is 0.676. The second-order valence-electron chi connectivity index (χ2n) is 6.54. The first-order valence-electron chi connectivity index (χ1n) is 9.41. The van der Waals surface area contributed by atoms with E-state index in [9.17, 15) is 0 Å². The van der Waals surface area contributed by atoms with Gasteiger partial charge in [-0.15, -0.1) is 0 Å². The number of rotatable bonds is 0. The fourth-order valence-corrected chi connectivity index (χ4v) is 15.4. The molecule has 0 saturated heterocycles. The summed E-state index contributed by atoms with van der Waals surface area (Å²) in [6, 6.07) is 0. The van der Waals surface area contributed by atoms with E-state index in [4.69, 9.17) is 0 Å². The molecule has 4 heterocycles. The van der Waals surface area contributed by atoms with Crippen molar-refractivity contribution in [1.29, 1.82) is 0 Å². The first kappa shape index (κ1) is 21.3. The fourth-order valence-electron chi connectivity index (χ4n) is 3.02. The Morgan fingerprint density at radius 2 is 0.885 bits per heavy atom. The van der Waals surface area contributed by atoms with E-state index in [1.54, 1.807) is 26.8 Å². The SMILES string of the molecule is C1CCCC2=C(SSCC1)S/C(=C1\SC3=C(SSCCCCCC3)S1)S2. The van der Waals surface area contributed by atoms with E-state index < -0.39 is 0 Å². The van der Waals surface area contributed by atoms with Gasteiger partial charge in [-0.3, -0.25) is 0 Å². The molecule has 4 rings (SSSR count). The standard InChI is InChI=1S/C18H24S8/c1-3-7-11-19-25-15-13(9-5-1)21-17(23-15)18-22-14-10-6-2-4-8-12-20-26-16(14)24-18/h1-12H2/b18-17+. The van der Waals surface area contributed by atoms with Crippen LogP contribution in [0.4, 0.5) is 0 Å². The molecular weight excluding hydrogens is 473 g/mol. The zero-order valence-corrected chi connectivity index (χ0v) is 21.3. The van der Waals surface area contributed by atoms with Gasteiger partial charge in [0, 0.05) is 21.3 Å². The zero-order valence-electron chi connectivity index (χ0n) is 14.8. The molecule has 0 fully saturated rings. The number of thioether (sulfide) groups is 4. The monoisotopic (exact) mass is 496 g/mol. The fraction of sp³-hybridized carbons (Fsp3) is 0.667. The quantitative estimate of drug-likeness (QED) is 0.300. The lowest BCUT2D eigenvalue weighted by Crippen LogP contribution is -1.85. The average molecular weight is 497 g/mol. The van der Waals surface area contributed by atoms with Crippen LogP contribution in [0.15, 0.2) is 26.8 Å². The molecule has 0 radical (unpaired) electrons. The Morgan fingerprint density at radius 3 is 1.38 bits per heavy atom. The van der Waals surface area contributed by atoms with Gasteiger partial charge in [-0.1, -0.05) is 94.3 Å². The zero-order chi connectivity index (χ0) is 17.6. The van der Waals surface area contributed by atoms with Crippen molar-refractivity contribution >= 4 is 90.2 Å². The van der Waals surface area contributed by atoms with Crippen molar-refractivity contribution in [3.8, 4) is 0 Å². The molecule has 0 saturated carbocycles. The molecule has 0 unspecified atom stereocenters. The first-order valence-corrected chi connectivity index (χ1v) is 17.3. The predicted octanol–water partition coefficient (Wildman–Crippen LogP) is 10.1. The molecule has 0 aromatic heterocycles. The van der Waals surface area contributed by atoms with Gasteiger partial charge in [0.1, 0.15) is 0 Å². The van der Waals surface area contributed by atoms with Gasteiger partial charge in [0.15, 0.2) is 0 Å². The molecule has 4 aliphatic rings. The number of allylic oxidation sites excluding steroid dienone is 2. The summed E-state index contributed by atoms with van der Waals surface area (Å²) in [6.07, 6.45) is 13.8. The molecule has 144 valence electrons. The van der Waals surface area contributed by atoms with Crippen molar-refractivity contribution in [3.63, 3.8) is 0 Å². The van der Waals surface area contributed by atoms with E-state index in [1.165, 1.54) is 75.7 Å². The van der Waals surface area contributed by atoms with E-state index in [1.807, 2.05) is 0 Å². The van der Waals surface area contributed by atoms with Crippen LogP contribution >= 0.6 is 90.2 Å². The summed E-state index contributed by atoms with van der Waals surface area (Å²) in [6.45, 7) is 0. The van der Waals surface area contributed by atoms with Gasteiger partial charge >= 0.3 is 0 Å². The molecule has 0 amide bonds. The van der Waals surface area contributed by atoms with Crippen molar-refractivity contribution in [2.24, 2.45) is 0 Å². The molecule has 0 N–H and O–H groups in total. The van der Waals surface area contributed by atoms with Gasteiger partial charge in [0.25, 0.3) is 0 Å². The van der Waals surface area contributed by atoms with Crippen LogP contribution in [0.5, 0.6) is 0 Å². The summed E-state index contributed by atoms with van der Waals surface area (Å²) in [5, 5.41) is 0. The summed E-state index contributed by atoms with van der Waals surface area (Å²) in [4.78, 5) is 3.32. The molecule has 4 aliphatic heterocycles. The molecule has 0 bridgehead atoms. The molecule has 0 aromatic carbocycles. The Morgan fingerprint density at radius 1 is 0.423 bits per heavy atom. The summed E-state index contributed by atoms with van der Waals surface area (Å²) >= 11 is 8.35. The third-order valence-electron chi connectivity index (χ3n) is 4.46. The highest BCUT2D eigenvalue weighted by Crippen LogP contribution is 2.66. The highest BCUT2D eigenvalue weighted by atomic mass is 33.1. The van der Waals surface area contributed by atoms with Crippen LogP contribution in [0.1, 0.15) is 64.2 Å². The van der Waals surface area contributed by atoms with Crippen LogP contribution in [0.3, 0.4) is 0 Å². The highest BCUT2D eigenvalue weighted by Gasteiger charge is 2.30. The number of hydrogen-bond donors (Lipinski definition) is 0. The summed E-state index contributed by atoms with van der Waals surface area (Å²) in [7, 11) is 8.25. The van der Waals surface area contributed by atoms with Crippen LogP contribution < -0.4 is 0 Å². The Kier molecular flexibility index (Phi) is 9.34. The molecule has 26 heavy (non-hydrogen) atoms. The topological polar surface area (TPSA) is 0 Å². The maximum Gasteiger partial charge on any atom is 0.0709 e. The highest BCUT2D eigenvalue weighted by molar-refractivity contribution is 8.81. The van der Waals surface area contributed by atoms with E-state index in [0.29, 0.717) is 0 Å². The Balaban J connectivity index is 1.43. The predicted molar refractivity (Wildman–Crippen MR) is 138 cm³/mol. The minimum atomic E-state index is 1.30. The van der Waals surface area contributed by atoms with Gasteiger partial charge in [-0.2, -0.15) is 0 Å². The van der Waals surface area contributed by atoms with Gasteiger partial charge < -0.3 is 0 Å². The van der Waals surface area contributed by atoms with Crippen LogP contribution in [0.25, 0.3) is 0 Å². The van der Waals surface area contributed by atoms with Crippen LogP contribution in [0.2, 0.25) is 0 Å². The normalized spacial score (nSPS) is 29.5. The largest absolute Gasteiger partial charge is 0.0884 e. The average Bonchev–Trinajstić information content (AvgIpc) is 3.25. The minimum Gasteiger partial charge on any atom is -0.0884 e. The van der Waals surface area contributed by atoms with E-state index in [2.05, 4.69) is 90.2 Å². The van der Waals surface area contributed by atoms with E-state index >= 15 is 0 Å². The summed E-state index contributed by atoms with van der Waals surface area (Å²) in [5.74, 6) is 2.62. The van der Waals surface area contributed by atoms with Gasteiger partial charge in [0.05, 0.1) is 16.9 Å².